The lowest BCUT2D eigenvalue weighted by Crippen LogP contribution is -2.10. The Balaban J connectivity index is 3.06. The van der Waals surface area contributed by atoms with Gasteiger partial charge in [-0.25, -0.2) is 4.79 Å². The molecule has 1 aromatic carbocycles. The first-order valence-corrected chi connectivity index (χ1v) is 6.38. The first-order chi connectivity index (χ1) is 8.45. The van der Waals surface area contributed by atoms with Gasteiger partial charge in [0, 0.05) is 0 Å². The summed E-state index contributed by atoms with van der Waals surface area (Å²) >= 11 is 0. The summed E-state index contributed by atoms with van der Waals surface area (Å²) in [5.41, 5.74) is 2.84. The number of aliphatic hydroxyl groups excluding tert-OH is 1. The molecule has 0 aliphatic heterocycles. The van der Waals surface area contributed by atoms with E-state index in [-0.39, 0.29) is 19.2 Å². The molecule has 1 N–H and O–H groups in total. The van der Waals surface area contributed by atoms with Crippen LogP contribution in [0.3, 0.4) is 0 Å². The minimum Gasteiger partial charge on any atom is -0.460 e. The second-order valence-corrected chi connectivity index (χ2v) is 5.06. The number of ether oxygens (including phenoxy) is 1. The van der Waals surface area contributed by atoms with Crippen LogP contribution in [-0.4, -0.2) is 24.3 Å². The maximum absolute atomic E-state index is 11.8. The lowest BCUT2D eigenvalue weighted by Gasteiger charge is -2.13. The first-order valence-electron chi connectivity index (χ1n) is 6.38. The molecule has 0 fully saturated rings. The van der Waals surface area contributed by atoms with Crippen LogP contribution in [0.15, 0.2) is 18.2 Å². The molecule has 0 amide bonds. The summed E-state index contributed by atoms with van der Waals surface area (Å²) in [5.74, 6) is 0.370. The number of hydrogen-bond donors (Lipinski definition) is 1. The molecular weight excluding hydrogens is 228 g/mol. The first kappa shape index (κ1) is 14.7. The molecule has 3 heteroatoms. The SMILES string of the molecule is CC(C)c1cc(C(=O)OCCO)cc(C(C)C)c1. The van der Waals surface area contributed by atoms with Crippen LogP contribution in [-0.2, 0) is 4.74 Å². The van der Waals surface area contributed by atoms with Crippen molar-refractivity contribution in [3.05, 3.63) is 34.9 Å². The Kier molecular flexibility index (Phi) is 5.35. The van der Waals surface area contributed by atoms with Crippen molar-refractivity contribution < 1.29 is 14.6 Å². The molecule has 18 heavy (non-hydrogen) atoms. The fraction of sp³-hybridized carbons (Fsp3) is 0.533. The lowest BCUT2D eigenvalue weighted by atomic mass is 9.93. The van der Waals surface area contributed by atoms with Crippen molar-refractivity contribution in [3.8, 4) is 0 Å². The zero-order valence-corrected chi connectivity index (χ0v) is 11.6. The van der Waals surface area contributed by atoms with Gasteiger partial charge in [-0.3, -0.25) is 0 Å². The quantitative estimate of drug-likeness (QED) is 0.817. The van der Waals surface area contributed by atoms with Crippen molar-refractivity contribution in [2.45, 2.75) is 39.5 Å². The van der Waals surface area contributed by atoms with Gasteiger partial charge in [0.2, 0.25) is 0 Å². The smallest absolute Gasteiger partial charge is 0.338 e. The van der Waals surface area contributed by atoms with Gasteiger partial charge in [-0.1, -0.05) is 33.8 Å². The van der Waals surface area contributed by atoms with E-state index >= 15 is 0 Å². The highest BCUT2D eigenvalue weighted by Gasteiger charge is 2.13. The zero-order chi connectivity index (χ0) is 13.7. The third kappa shape index (κ3) is 3.84. The maximum atomic E-state index is 11.8. The number of carbonyl (C=O) groups is 1. The minimum atomic E-state index is -0.367. The largest absolute Gasteiger partial charge is 0.460 e. The Labute approximate surface area is 109 Å². The molecule has 0 bridgehead atoms. The van der Waals surface area contributed by atoms with E-state index in [9.17, 15) is 4.79 Å². The Bertz CT molecular complexity index is 382. The second-order valence-electron chi connectivity index (χ2n) is 5.06. The number of carbonyl (C=O) groups excluding carboxylic acids is 1. The molecule has 0 atom stereocenters. The Morgan fingerprint density at radius 1 is 1.11 bits per heavy atom. The zero-order valence-electron chi connectivity index (χ0n) is 11.6. The van der Waals surface area contributed by atoms with E-state index in [0.29, 0.717) is 17.4 Å². The van der Waals surface area contributed by atoms with Gasteiger partial charge in [-0.2, -0.15) is 0 Å². The van der Waals surface area contributed by atoms with Gasteiger partial charge in [0.1, 0.15) is 6.61 Å². The van der Waals surface area contributed by atoms with Gasteiger partial charge in [0.15, 0.2) is 0 Å². The molecule has 0 saturated carbocycles. The van der Waals surface area contributed by atoms with Crippen molar-refractivity contribution in [2.24, 2.45) is 0 Å². The van der Waals surface area contributed by atoms with Crippen molar-refractivity contribution in [3.63, 3.8) is 0 Å². The average Bonchev–Trinajstić information content (AvgIpc) is 2.35. The Morgan fingerprint density at radius 2 is 1.61 bits per heavy atom. The highest BCUT2D eigenvalue weighted by atomic mass is 16.5. The summed E-state index contributed by atoms with van der Waals surface area (Å²) in [5, 5.41) is 8.67. The molecule has 1 rings (SSSR count). The molecular formula is C15H22O3. The highest BCUT2D eigenvalue weighted by Crippen LogP contribution is 2.23. The number of aliphatic hydroxyl groups is 1. The molecule has 3 nitrogen and oxygen atoms in total. The number of rotatable bonds is 5. The molecule has 0 radical (unpaired) electrons. The van der Waals surface area contributed by atoms with Crippen molar-refractivity contribution in [1.29, 1.82) is 0 Å². The third-order valence-electron chi connectivity index (χ3n) is 2.87. The molecule has 1 aromatic rings. The standard InChI is InChI=1S/C15H22O3/c1-10(2)12-7-13(11(3)4)9-14(8-12)15(17)18-6-5-16/h7-11,16H,5-6H2,1-4H3. The fourth-order valence-electron chi connectivity index (χ4n) is 1.68. The topological polar surface area (TPSA) is 46.5 Å². The van der Waals surface area contributed by atoms with E-state index in [4.69, 9.17) is 9.84 Å². The van der Waals surface area contributed by atoms with E-state index < -0.39 is 0 Å². The lowest BCUT2D eigenvalue weighted by molar-refractivity contribution is 0.0433. The molecule has 0 aromatic heterocycles. The van der Waals surface area contributed by atoms with Gasteiger partial charge >= 0.3 is 5.97 Å². The predicted molar refractivity (Wildman–Crippen MR) is 72.0 cm³/mol. The van der Waals surface area contributed by atoms with E-state index in [1.807, 2.05) is 12.1 Å². The van der Waals surface area contributed by atoms with Crippen LogP contribution in [0.2, 0.25) is 0 Å². The van der Waals surface area contributed by atoms with Crippen LogP contribution in [0, 0.1) is 0 Å². The van der Waals surface area contributed by atoms with Gasteiger partial charge in [0.05, 0.1) is 12.2 Å². The summed E-state index contributed by atoms with van der Waals surface area (Å²) in [6, 6.07) is 5.88. The molecule has 0 heterocycles. The summed E-state index contributed by atoms with van der Waals surface area (Å²) < 4.78 is 4.96. The Hall–Kier alpha value is -1.35. The number of hydrogen-bond acceptors (Lipinski definition) is 3. The highest BCUT2D eigenvalue weighted by molar-refractivity contribution is 5.90. The van der Waals surface area contributed by atoms with Crippen LogP contribution in [0.1, 0.15) is 61.0 Å². The monoisotopic (exact) mass is 250 g/mol. The van der Waals surface area contributed by atoms with Crippen LogP contribution in [0.5, 0.6) is 0 Å². The molecule has 0 unspecified atom stereocenters. The molecule has 100 valence electrons. The summed E-state index contributed by atoms with van der Waals surface area (Å²) in [6.45, 7) is 8.30. The minimum absolute atomic E-state index is 0.0434. The van der Waals surface area contributed by atoms with Crippen molar-refractivity contribution >= 4 is 5.97 Å². The van der Waals surface area contributed by atoms with Crippen LogP contribution < -0.4 is 0 Å². The molecule has 0 saturated heterocycles. The van der Waals surface area contributed by atoms with Crippen LogP contribution in [0.25, 0.3) is 0 Å². The van der Waals surface area contributed by atoms with E-state index in [1.165, 1.54) is 0 Å². The van der Waals surface area contributed by atoms with Gasteiger partial charge < -0.3 is 9.84 Å². The summed E-state index contributed by atoms with van der Waals surface area (Å²) in [4.78, 5) is 11.8. The molecule has 0 aliphatic rings. The number of esters is 1. The average molecular weight is 250 g/mol. The van der Waals surface area contributed by atoms with Gasteiger partial charge in [-0.15, -0.1) is 0 Å². The van der Waals surface area contributed by atoms with Crippen LogP contribution >= 0.6 is 0 Å². The fourth-order valence-corrected chi connectivity index (χ4v) is 1.68. The normalized spacial score (nSPS) is 11.1. The van der Waals surface area contributed by atoms with Crippen molar-refractivity contribution in [1.82, 2.24) is 0 Å². The second kappa shape index (κ2) is 6.55. The van der Waals surface area contributed by atoms with E-state index in [0.717, 1.165) is 11.1 Å². The molecule has 0 aliphatic carbocycles. The van der Waals surface area contributed by atoms with E-state index in [2.05, 4.69) is 33.8 Å². The van der Waals surface area contributed by atoms with E-state index in [1.54, 1.807) is 0 Å². The predicted octanol–water partition coefficient (Wildman–Crippen LogP) is 3.08. The third-order valence-corrected chi connectivity index (χ3v) is 2.87. The van der Waals surface area contributed by atoms with Gasteiger partial charge in [0.25, 0.3) is 0 Å². The summed E-state index contributed by atoms with van der Waals surface area (Å²) in [6.07, 6.45) is 0. The Morgan fingerprint density at radius 3 is 2.00 bits per heavy atom. The summed E-state index contributed by atoms with van der Waals surface area (Å²) in [7, 11) is 0. The number of benzene rings is 1. The van der Waals surface area contributed by atoms with Crippen LogP contribution in [0.4, 0.5) is 0 Å². The molecule has 0 spiro atoms. The van der Waals surface area contributed by atoms with Gasteiger partial charge in [-0.05, 0) is 35.1 Å². The van der Waals surface area contributed by atoms with Crippen molar-refractivity contribution in [2.75, 3.05) is 13.2 Å². The maximum Gasteiger partial charge on any atom is 0.338 e.